The maximum absolute atomic E-state index is 13.5. The maximum Gasteiger partial charge on any atom is 0.428 e. The Morgan fingerprint density at radius 3 is 2.17 bits per heavy atom. The minimum atomic E-state index is -5.73. The highest BCUT2D eigenvalue weighted by Crippen LogP contribution is 2.54. The van der Waals surface area contributed by atoms with Gasteiger partial charge in [-0.15, -0.1) is 11.6 Å². The summed E-state index contributed by atoms with van der Waals surface area (Å²) in [7, 11) is 0. The molecule has 1 rings (SSSR count). The lowest BCUT2D eigenvalue weighted by Crippen LogP contribution is -2.62. The van der Waals surface area contributed by atoms with Gasteiger partial charge in [-0.3, -0.25) is 0 Å². The number of halogens is 8. The zero-order chi connectivity index (χ0) is 14.2. The van der Waals surface area contributed by atoms with Gasteiger partial charge in [0.05, 0.1) is 18.1 Å². The zero-order valence-corrected chi connectivity index (χ0v) is 9.67. The van der Waals surface area contributed by atoms with Crippen molar-refractivity contribution in [2.75, 3.05) is 13.3 Å². The standard InChI is InChI=1S/C9H10ClF7O/c10-5-3-7(12,9(15,16)17)8(13,14)4-6(5)18-2-1-11/h5-6H,1-4H2/t5-,6-,7-/m1/s1. The van der Waals surface area contributed by atoms with Crippen LogP contribution in [0.3, 0.4) is 0 Å². The van der Waals surface area contributed by atoms with Gasteiger partial charge in [0.15, 0.2) is 0 Å². The lowest BCUT2D eigenvalue weighted by Gasteiger charge is -2.43. The van der Waals surface area contributed by atoms with Gasteiger partial charge in [0, 0.05) is 12.8 Å². The zero-order valence-electron chi connectivity index (χ0n) is 8.92. The van der Waals surface area contributed by atoms with E-state index in [0.29, 0.717) is 0 Å². The molecule has 0 N–H and O–H groups in total. The molecule has 0 heterocycles. The average molecular weight is 303 g/mol. The number of hydrogen-bond donors (Lipinski definition) is 0. The van der Waals surface area contributed by atoms with Crippen LogP contribution < -0.4 is 0 Å². The van der Waals surface area contributed by atoms with Crippen molar-refractivity contribution in [2.24, 2.45) is 0 Å². The molecule has 1 nitrogen and oxygen atoms in total. The average Bonchev–Trinajstić information content (AvgIpc) is 2.20. The fourth-order valence-corrected chi connectivity index (χ4v) is 2.15. The highest BCUT2D eigenvalue weighted by Gasteiger charge is 2.74. The molecule has 9 heteroatoms. The first kappa shape index (κ1) is 15.8. The second kappa shape index (κ2) is 5.03. The summed E-state index contributed by atoms with van der Waals surface area (Å²) in [6.45, 7) is -1.57. The van der Waals surface area contributed by atoms with Crippen LogP contribution in [-0.4, -0.2) is 42.5 Å². The van der Waals surface area contributed by atoms with E-state index in [-0.39, 0.29) is 0 Å². The van der Waals surface area contributed by atoms with Crippen LogP contribution in [0.15, 0.2) is 0 Å². The van der Waals surface area contributed by atoms with Crippen molar-refractivity contribution < 1.29 is 35.5 Å². The molecule has 0 spiro atoms. The molecular weight excluding hydrogens is 293 g/mol. The van der Waals surface area contributed by atoms with E-state index in [0.717, 1.165) is 0 Å². The van der Waals surface area contributed by atoms with Crippen LogP contribution in [0, 0.1) is 0 Å². The fraction of sp³-hybridized carbons (Fsp3) is 1.00. The van der Waals surface area contributed by atoms with Crippen molar-refractivity contribution >= 4 is 11.6 Å². The topological polar surface area (TPSA) is 9.23 Å². The maximum atomic E-state index is 13.5. The van der Waals surface area contributed by atoms with Crippen LogP contribution >= 0.6 is 11.6 Å². The smallest absolute Gasteiger partial charge is 0.374 e. The molecule has 0 aliphatic heterocycles. The first-order chi connectivity index (χ1) is 8.05. The molecule has 18 heavy (non-hydrogen) atoms. The highest BCUT2D eigenvalue weighted by atomic mass is 35.5. The van der Waals surface area contributed by atoms with Crippen molar-refractivity contribution in [3.8, 4) is 0 Å². The molecule has 0 bridgehead atoms. The predicted octanol–water partition coefficient (Wildman–Crippen LogP) is 3.65. The van der Waals surface area contributed by atoms with Crippen LogP contribution in [0.4, 0.5) is 30.7 Å². The van der Waals surface area contributed by atoms with Gasteiger partial charge in [-0.1, -0.05) is 0 Å². The summed E-state index contributed by atoms with van der Waals surface area (Å²) in [5.74, 6) is -4.66. The minimum absolute atomic E-state index is 0.574. The van der Waals surface area contributed by atoms with Crippen LogP contribution in [0.2, 0.25) is 0 Å². The largest absolute Gasteiger partial charge is 0.428 e. The first-order valence-corrected chi connectivity index (χ1v) is 5.44. The van der Waals surface area contributed by atoms with Gasteiger partial charge in [-0.2, -0.15) is 13.2 Å². The molecule has 1 aliphatic carbocycles. The second-order valence-electron chi connectivity index (χ2n) is 4.03. The molecule has 0 amide bonds. The van der Waals surface area contributed by atoms with Crippen molar-refractivity contribution in [2.45, 2.75) is 42.1 Å². The molecule has 0 saturated heterocycles. The van der Waals surface area contributed by atoms with Crippen LogP contribution in [0.25, 0.3) is 0 Å². The number of ether oxygens (including phenoxy) is 1. The summed E-state index contributed by atoms with van der Waals surface area (Å²) < 4.78 is 93.5. The Bertz CT molecular complexity index is 295. The number of hydrogen-bond acceptors (Lipinski definition) is 1. The normalized spacial score (nSPS) is 36.7. The van der Waals surface area contributed by atoms with Gasteiger partial charge < -0.3 is 4.74 Å². The van der Waals surface area contributed by atoms with E-state index in [1.807, 2.05) is 0 Å². The van der Waals surface area contributed by atoms with Gasteiger partial charge in [-0.05, 0) is 0 Å². The Morgan fingerprint density at radius 2 is 1.72 bits per heavy atom. The van der Waals surface area contributed by atoms with Gasteiger partial charge >= 0.3 is 6.18 Å². The lowest BCUT2D eigenvalue weighted by molar-refractivity contribution is -0.321. The van der Waals surface area contributed by atoms with E-state index in [2.05, 4.69) is 4.74 Å². The Hall–Kier alpha value is -0.240. The van der Waals surface area contributed by atoms with E-state index < -0.39 is 55.4 Å². The summed E-state index contributed by atoms with van der Waals surface area (Å²) in [6, 6.07) is 0. The summed E-state index contributed by atoms with van der Waals surface area (Å²) in [5.41, 5.74) is -4.68. The molecule has 1 aliphatic rings. The van der Waals surface area contributed by atoms with E-state index in [1.165, 1.54) is 0 Å². The molecule has 1 fully saturated rings. The minimum Gasteiger partial charge on any atom is -0.374 e. The third kappa shape index (κ3) is 2.68. The molecule has 1 saturated carbocycles. The summed E-state index contributed by atoms with van der Waals surface area (Å²) in [5, 5.41) is -1.59. The Labute approximate surface area is 103 Å². The molecule has 0 aromatic rings. The third-order valence-electron chi connectivity index (χ3n) is 2.78. The van der Waals surface area contributed by atoms with Gasteiger partial charge in [0.2, 0.25) is 0 Å². The van der Waals surface area contributed by atoms with Crippen LogP contribution in [0.1, 0.15) is 12.8 Å². The van der Waals surface area contributed by atoms with Crippen molar-refractivity contribution in [1.29, 1.82) is 0 Å². The van der Waals surface area contributed by atoms with Gasteiger partial charge in [0.25, 0.3) is 11.6 Å². The molecule has 0 aromatic carbocycles. The van der Waals surface area contributed by atoms with Gasteiger partial charge in [0.1, 0.15) is 6.67 Å². The first-order valence-electron chi connectivity index (χ1n) is 5.00. The van der Waals surface area contributed by atoms with Crippen molar-refractivity contribution in [3.63, 3.8) is 0 Å². The fourth-order valence-electron chi connectivity index (χ4n) is 1.77. The second-order valence-corrected chi connectivity index (χ2v) is 4.59. The quantitative estimate of drug-likeness (QED) is 0.571. The summed E-state index contributed by atoms with van der Waals surface area (Å²) in [4.78, 5) is 0. The van der Waals surface area contributed by atoms with Crippen LogP contribution in [-0.2, 0) is 4.74 Å². The monoisotopic (exact) mass is 302 g/mol. The molecule has 0 unspecified atom stereocenters. The highest BCUT2D eigenvalue weighted by molar-refractivity contribution is 6.21. The molecular formula is C9H10ClF7O. The Morgan fingerprint density at radius 1 is 1.17 bits per heavy atom. The Kier molecular flexibility index (Phi) is 4.42. The lowest BCUT2D eigenvalue weighted by atomic mass is 9.80. The Balaban J connectivity index is 2.90. The molecule has 108 valence electrons. The van der Waals surface area contributed by atoms with E-state index >= 15 is 0 Å². The van der Waals surface area contributed by atoms with Crippen LogP contribution in [0.5, 0.6) is 0 Å². The van der Waals surface area contributed by atoms with E-state index in [4.69, 9.17) is 11.6 Å². The predicted molar refractivity (Wildman–Crippen MR) is 49.4 cm³/mol. The SMILES string of the molecule is FCCO[C@@H]1CC(F)(F)[C@@](F)(C(F)(F)F)C[C@H]1Cl. The number of alkyl halides is 8. The summed E-state index contributed by atoms with van der Waals surface area (Å²) >= 11 is 5.42. The molecule has 3 atom stereocenters. The molecule has 0 aromatic heterocycles. The van der Waals surface area contributed by atoms with Gasteiger partial charge in [-0.25, -0.2) is 17.6 Å². The number of rotatable bonds is 3. The summed E-state index contributed by atoms with van der Waals surface area (Å²) in [6.07, 6.45) is -10.4. The van der Waals surface area contributed by atoms with E-state index in [1.54, 1.807) is 0 Å². The molecule has 0 radical (unpaired) electrons. The van der Waals surface area contributed by atoms with Crippen molar-refractivity contribution in [3.05, 3.63) is 0 Å². The van der Waals surface area contributed by atoms with E-state index in [9.17, 15) is 30.7 Å². The van der Waals surface area contributed by atoms with Crippen molar-refractivity contribution in [1.82, 2.24) is 0 Å². The third-order valence-corrected chi connectivity index (χ3v) is 3.21.